The van der Waals surface area contributed by atoms with Crippen molar-refractivity contribution in [3.8, 4) is 0 Å². The molecule has 0 aliphatic rings. The summed E-state index contributed by atoms with van der Waals surface area (Å²) < 4.78 is 10.2. The third-order valence-electron chi connectivity index (χ3n) is 2.33. The largest absolute Gasteiger partial charge is 0.468 e. The summed E-state index contributed by atoms with van der Waals surface area (Å²) in [4.78, 5) is 11.6. The average Bonchev–Trinajstić information content (AvgIpc) is 2.77. The molecule has 0 bridgehead atoms. The van der Waals surface area contributed by atoms with Gasteiger partial charge in [-0.25, -0.2) is 4.79 Å². The summed E-state index contributed by atoms with van der Waals surface area (Å²) in [7, 11) is 0. The van der Waals surface area contributed by atoms with Gasteiger partial charge in [0.1, 0.15) is 11.3 Å². The van der Waals surface area contributed by atoms with Gasteiger partial charge in [-0.3, -0.25) is 0 Å². The lowest BCUT2D eigenvalue weighted by atomic mass is 10.3. The van der Waals surface area contributed by atoms with Gasteiger partial charge in [-0.1, -0.05) is 6.92 Å². The van der Waals surface area contributed by atoms with Gasteiger partial charge in [-0.15, -0.1) is 0 Å². The Hall–Kier alpha value is -0.940. The molecule has 0 spiro atoms. The maximum Gasteiger partial charge on any atom is 0.341 e. The number of ether oxygens (including phenoxy) is 1. The number of hydrogen-bond acceptors (Lipinski definition) is 5. The van der Waals surface area contributed by atoms with Crippen LogP contribution in [-0.4, -0.2) is 24.4 Å². The predicted molar refractivity (Wildman–Crippen MR) is 69.1 cm³/mol. The van der Waals surface area contributed by atoms with Crippen molar-refractivity contribution in [1.82, 2.24) is 0 Å². The summed E-state index contributed by atoms with van der Waals surface area (Å²) >= 11 is 1.67. The zero-order chi connectivity index (χ0) is 12.7. The van der Waals surface area contributed by atoms with E-state index in [2.05, 4.69) is 6.92 Å². The number of furan rings is 1. The van der Waals surface area contributed by atoms with Crippen LogP contribution in [0.3, 0.4) is 0 Å². The number of thioether (sulfide) groups is 1. The minimum Gasteiger partial charge on any atom is -0.468 e. The Morgan fingerprint density at radius 3 is 3.00 bits per heavy atom. The summed E-state index contributed by atoms with van der Waals surface area (Å²) in [6.07, 6.45) is 2.47. The van der Waals surface area contributed by atoms with E-state index in [1.165, 1.54) is 6.26 Å². The standard InChI is InChI=1S/C12H19NO3S/c1-3-9(13)7-17-8-11-10(5-6-16-11)12(14)15-4-2/h5-6,9H,3-4,7-8,13H2,1-2H3. The van der Waals surface area contributed by atoms with Gasteiger partial charge in [0, 0.05) is 11.8 Å². The molecule has 1 aromatic rings. The molecule has 0 fully saturated rings. The molecule has 0 aromatic carbocycles. The van der Waals surface area contributed by atoms with Crippen LogP contribution in [0.4, 0.5) is 0 Å². The van der Waals surface area contributed by atoms with Crippen molar-refractivity contribution in [3.05, 3.63) is 23.7 Å². The van der Waals surface area contributed by atoms with Crippen molar-refractivity contribution < 1.29 is 13.9 Å². The lowest BCUT2D eigenvalue weighted by Gasteiger charge is -2.07. The first-order chi connectivity index (χ1) is 8.19. The number of esters is 1. The van der Waals surface area contributed by atoms with Crippen molar-refractivity contribution in [2.45, 2.75) is 32.1 Å². The Morgan fingerprint density at radius 1 is 1.59 bits per heavy atom. The fraction of sp³-hybridized carbons (Fsp3) is 0.583. The third-order valence-corrected chi connectivity index (χ3v) is 3.46. The van der Waals surface area contributed by atoms with E-state index in [1.54, 1.807) is 24.8 Å². The first kappa shape index (κ1) is 14.1. The number of rotatable bonds is 7. The monoisotopic (exact) mass is 257 g/mol. The van der Waals surface area contributed by atoms with Crippen molar-refractivity contribution in [2.75, 3.05) is 12.4 Å². The summed E-state index contributed by atoms with van der Waals surface area (Å²) in [5.74, 6) is 1.85. The van der Waals surface area contributed by atoms with E-state index in [-0.39, 0.29) is 12.0 Å². The third kappa shape index (κ3) is 4.44. The van der Waals surface area contributed by atoms with Crippen molar-refractivity contribution >= 4 is 17.7 Å². The number of carbonyl (C=O) groups is 1. The van der Waals surface area contributed by atoms with Gasteiger partial charge in [0.2, 0.25) is 0 Å². The van der Waals surface area contributed by atoms with Crippen LogP contribution in [0.5, 0.6) is 0 Å². The molecule has 1 heterocycles. The highest BCUT2D eigenvalue weighted by Gasteiger charge is 2.15. The fourth-order valence-electron chi connectivity index (χ4n) is 1.26. The molecule has 4 nitrogen and oxygen atoms in total. The molecule has 17 heavy (non-hydrogen) atoms. The van der Waals surface area contributed by atoms with Crippen LogP contribution in [0, 0.1) is 0 Å². The molecule has 2 N–H and O–H groups in total. The van der Waals surface area contributed by atoms with Crippen LogP contribution in [0.2, 0.25) is 0 Å². The van der Waals surface area contributed by atoms with Gasteiger partial charge in [-0.2, -0.15) is 11.8 Å². The second kappa shape index (κ2) is 7.40. The van der Waals surface area contributed by atoms with E-state index in [9.17, 15) is 4.79 Å². The molecule has 5 heteroatoms. The van der Waals surface area contributed by atoms with Gasteiger partial charge in [0.15, 0.2) is 0 Å². The van der Waals surface area contributed by atoms with Crippen molar-refractivity contribution in [1.29, 1.82) is 0 Å². The molecule has 0 aliphatic heterocycles. The molecule has 0 aliphatic carbocycles. The van der Waals surface area contributed by atoms with E-state index in [0.717, 1.165) is 12.2 Å². The Kier molecular flexibility index (Phi) is 6.15. The minimum atomic E-state index is -0.323. The highest BCUT2D eigenvalue weighted by Crippen LogP contribution is 2.19. The number of hydrogen-bond donors (Lipinski definition) is 1. The van der Waals surface area contributed by atoms with Gasteiger partial charge in [0.05, 0.1) is 18.6 Å². The maximum atomic E-state index is 11.6. The number of nitrogens with two attached hydrogens (primary N) is 1. The SMILES string of the molecule is CCOC(=O)c1ccoc1CSCC(N)CC. The molecule has 1 rings (SSSR count). The van der Waals surface area contributed by atoms with Gasteiger partial charge in [-0.05, 0) is 19.4 Å². The molecule has 1 aromatic heterocycles. The van der Waals surface area contributed by atoms with E-state index >= 15 is 0 Å². The Balaban J connectivity index is 2.48. The van der Waals surface area contributed by atoms with E-state index in [0.29, 0.717) is 23.7 Å². The zero-order valence-electron chi connectivity index (χ0n) is 10.3. The van der Waals surface area contributed by atoms with Crippen LogP contribution in [0.15, 0.2) is 16.7 Å². The molecule has 0 saturated carbocycles. The highest BCUT2D eigenvalue weighted by atomic mass is 32.2. The molecule has 0 saturated heterocycles. The van der Waals surface area contributed by atoms with E-state index < -0.39 is 0 Å². The van der Waals surface area contributed by atoms with Crippen molar-refractivity contribution in [3.63, 3.8) is 0 Å². The first-order valence-electron chi connectivity index (χ1n) is 5.75. The Labute approximate surface area is 106 Å². The molecule has 1 atom stereocenters. The van der Waals surface area contributed by atoms with Crippen LogP contribution >= 0.6 is 11.8 Å². The lowest BCUT2D eigenvalue weighted by molar-refractivity contribution is 0.0524. The van der Waals surface area contributed by atoms with Gasteiger partial charge in [0.25, 0.3) is 0 Å². The van der Waals surface area contributed by atoms with Gasteiger partial charge < -0.3 is 14.9 Å². The maximum absolute atomic E-state index is 11.6. The van der Waals surface area contributed by atoms with Gasteiger partial charge >= 0.3 is 5.97 Å². The van der Waals surface area contributed by atoms with Crippen LogP contribution in [-0.2, 0) is 10.5 Å². The summed E-state index contributed by atoms with van der Waals surface area (Å²) in [6.45, 7) is 4.21. The highest BCUT2D eigenvalue weighted by molar-refractivity contribution is 7.98. The van der Waals surface area contributed by atoms with Crippen LogP contribution < -0.4 is 5.73 Å². The fourth-order valence-corrected chi connectivity index (χ4v) is 2.33. The topological polar surface area (TPSA) is 65.5 Å². The Bertz CT molecular complexity index is 351. The first-order valence-corrected chi connectivity index (χ1v) is 6.91. The quantitative estimate of drug-likeness (QED) is 0.760. The average molecular weight is 257 g/mol. The second-order valence-electron chi connectivity index (χ2n) is 3.66. The van der Waals surface area contributed by atoms with E-state index in [4.69, 9.17) is 14.9 Å². The van der Waals surface area contributed by atoms with Crippen LogP contribution in [0.25, 0.3) is 0 Å². The molecule has 96 valence electrons. The smallest absolute Gasteiger partial charge is 0.341 e. The molecular formula is C12H19NO3S. The Morgan fingerprint density at radius 2 is 2.35 bits per heavy atom. The van der Waals surface area contributed by atoms with Crippen LogP contribution in [0.1, 0.15) is 36.4 Å². The zero-order valence-corrected chi connectivity index (χ0v) is 11.1. The normalized spacial score (nSPS) is 12.4. The second-order valence-corrected chi connectivity index (χ2v) is 4.69. The molecule has 0 amide bonds. The predicted octanol–water partition coefficient (Wildman–Crippen LogP) is 2.43. The molecular weight excluding hydrogens is 238 g/mol. The summed E-state index contributed by atoms with van der Waals surface area (Å²) in [5.41, 5.74) is 6.33. The molecule has 0 radical (unpaired) electrons. The lowest BCUT2D eigenvalue weighted by Crippen LogP contribution is -2.21. The van der Waals surface area contributed by atoms with Crippen molar-refractivity contribution in [2.24, 2.45) is 5.73 Å². The summed E-state index contributed by atoms with van der Waals surface area (Å²) in [6, 6.07) is 1.84. The molecule has 1 unspecified atom stereocenters. The number of carbonyl (C=O) groups excluding carboxylic acids is 1. The summed E-state index contributed by atoms with van der Waals surface area (Å²) in [5, 5.41) is 0. The minimum absolute atomic E-state index is 0.195. The van der Waals surface area contributed by atoms with E-state index in [1.807, 2.05) is 0 Å².